The Labute approximate surface area is 182 Å². The van der Waals surface area contributed by atoms with Crippen LogP contribution in [0.5, 0.6) is 0 Å². The van der Waals surface area contributed by atoms with E-state index in [1.807, 2.05) is 26.0 Å². The van der Waals surface area contributed by atoms with Gasteiger partial charge < -0.3 is 9.64 Å². The molecular weight excluding hydrogens is 393 g/mol. The Hall–Kier alpha value is -2.83. The fraction of sp³-hybridized carbons (Fsp3) is 0.360. The predicted molar refractivity (Wildman–Crippen MR) is 120 cm³/mol. The van der Waals surface area contributed by atoms with Crippen molar-refractivity contribution < 1.29 is 13.9 Å². The second-order valence-electron chi connectivity index (χ2n) is 7.78. The molecule has 4 rings (SSSR count). The molecule has 2 heterocycles. The number of hydrogen-bond acceptors (Lipinski definition) is 4. The average molecular weight is 422 g/mol. The van der Waals surface area contributed by atoms with E-state index in [-0.39, 0.29) is 11.7 Å². The lowest BCUT2D eigenvalue weighted by Crippen LogP contribution is -2.35. The van der Waals surface area contributed by atoms with Crippen LogP contribution in [0.3, 0.4) is 0 Å². The molecule has 5 nitrogen and oxygen atoms in total. The maximum Gasteiger partial charge on any atom is 0.254 e. The molecule has 1 aliphatic rings. The monoisotopic (exact) mass is 421 g/mol. The van der Waals surface area contributed by atoms with E-state index in [4.69, 9.17) is 9.72 Å². The Morgan fingerprint density at radius 2 is 1.77 bits per heavy atom. The number of pyridine rings is 1. The molecule has 0 saturated carbocycles. The molecule has 0 unspecified atom stereocenters. The maximum absolute atomic E-state index is 13.9. The molecule has 1 fully saturated rings. The number of carbonyl (C=O) groups excluding carboxylic acids is 1. The van der Waals surface area contributed by atoms with Crippen LogP contribution in [-0.2, 0) is 11.3 Å². The van der Waals surface area contributed by atoms with Gasteiger partial charge in [0.1, 0.15) is 5.82 Å². The van der Waals surface area contributed by atoms with Gasteiger partial charge in [-0.15, -0.1) is 0 Å². The van der Waals surface area contributed by atoms with Crippen molar-refractivity contribution in [2.45, 2.75) is 20.4 Å². The van der Waals surface area contributed by atoms with E-state index in [0.717, 1.165) is 38.4 Å². The fourth-order valence-corrected chi connectivity index (χ4v) is 4.00. The molecule has 162 valence electrons. The van der Waals surface area contributed by atoms with E-state index in [1.165, 1.54) is 17.7 Å². The number of amides is 1. The Morgan fingerprint density at radius 3 is 2.45 bits per heavy atom. The molecule has 2 aromatic carbocycles. The summed E-state index contributed by atoms with van der Waals surface area (Å²) in [6, 6.07) is 14.5. The highest BCUT2D eigenvalue weighted by Gasteiger charge is 2.19. The highest BCUT2D eigenvalue weighted by Crippen LogP contribution is 2.27. The van der Waals surface area contributed by atoms with Gasteiger partial charge in [0, 0.05) is 43.7 Å². The molecular formula is C25H28FN3O2. The quantitative estimate of drug-likeness (QED) is 0.594. The van der Waals surface area contributed by atoms with Crippen LogP contribution in [0.15, 0.2) is 48.5 Å². The number of aromatic nitrogens is 1. The molecule has 1 aliphatic heterocycles. The summed E-state index contributed by atoms with van der Waals surface area (Å²) in [4.78, 5) is 22.0. The van der Waals surface area contributed by atoms with Crippen molar-refractivity contribution in [2.75, 3.05) is 39.4 Å². The summed E-state index contributed by atoms with van der Waals surface area (Å²) in [6.45, 7) is 9.42. The van der Waals surface area contributed by atoms with Gasteiger partial charge >= 0.3 is 0 Å². The molecule has 31 heavy (non-hydrogen) atoms. The lowest BCUT2D eigenvalue weighted by atomic mass is 10.0. The summed E-state index contributed by atoms with van der Waals surface area (Å²) in [6.07, 6.45) is 0. The standard InChI is InChI=1S/C25H28FN3O2/c1-3-29(4-2)25(30)22-16-24(27-23-10-9-20(26)15-21(22)23)19-7-5-18(6-8-19)17-28-11-13-31-14-12-28/h5-10,15-16H,3-4,11-14,17H2,1-2H3. The first-order chi connectivity index (χ1) is 15.1. The summed E-state index contributed by atoms with van der Waals surface area (Å²) in [7, 11) is 0. The average Bonchev–Trinajstić information content (AvgIpc) is 2.80. The van der Waals surface area contributed by atoms with Crippen LogP contribution < -0.4 is 0 Å². The number of rotatable bonds is 6. The van der Waals surface area contributed by atoms with Crippen molar-refractivity contribution in [3.05, 3.63) is 65.5 Å². The summed E-state index contributed by atoms with van der Waals surface area (Å²) in [5.41, 5.74) is 3.98. The summed E-state index contributed by atoms with van der Waals surface area (Å²) >= 11 is 0. The van der Waals surface area contributed by atoms with E-state index < -0.39 is 0 Å². The minimum Gasteiger partial charge on any atom is -0.379 e. The van der Waals surface area contributed by atoms with E-state index in [2.05, 4.69) is 17.0 Å². The number of fused-ring (bicyclic) bond motifs is 1. The second kappa shape index (κ2) is 9.54. The number of morpholine rings is 1. The first kappa shape index (κ1) is 21.4. The Morgan fingerprint density at radius 1 is 1.06 bits per heavy atom. The first-order valence-corrected chi connectivity index (χ1v) is 10.9. The van der Waals surface area contributed by atoms with Crippen molar-refractivity contribution >= 4 is 16.8 Å². The van der Waals surface area contributed by atoms with Crippen molar-refractivity contribution in [1.82, 2.24) is 14.8 Å². The van der Waals surface area contributed by atoms with Gasteiger partial charge in [-0.05, 0) is 43.7 Å². The van der Waals surface area contributed by atoms with Gasteiger partial charge in [0.05, 0.1) is 30.0 Å². The van der Waals surface area contributed by atoms with Crippen molar-refractivity contribution in [3.8, 4) is 11.3 Å². The molecule has 3 aromatic rings. The largest absolute Gasteiger partial charge is 0.379 e. The minimum absolute atomic E-state index is 0.104. The third-order valence-electron chi connectivity index (χ3n) is 5.81. The first-order valence-electron chi connectivity index (χ1n) is 10.9. The van der Waals surface area contributed by atoms with Crippen molar-refractivity contribution in [2.24, 2.45) is 0 Å². The zero-order valence-corrected chi connectivity index (χ0v) is 18.1. The van der Waals surface area contributed by atoms with Gasteiger partial charge in [0.25, 0.3) is 5.91 Å². The highest BCUT2D eigenvalue weighted by molar-refractivity contribution is 6.07. The molecule has 6 heteroatoms. The van der Waals surface area contributed by atoms with E-state index in [9.17, 15) is 9.18 Å². The van der Waals surface area contributed by atoms with Gasteiger partial charge in [0.15, 0.2) is 0 Å². The molecule has 0 spiro atoms. The third kappa shape index (κ3) is 4.75. The molecule has 0 N–H and O–H groups in total. The molecule has 0 radical (unpaired) electrons. The number of benzene rings is 2. The van der Waals surface area contributed by atoms with Crippen LogP contribution in [0.2, 0.25) is 0 Å². The minimum atomic E-state index is -0.372. The number of nitrogens with zero attached hydrogens (tertiary/aromatic N) is 3. The van der Waals surface area contributed by atoms with Crippen LogP contribution in [0.1, 0.15) is 29.8 Å². The van der Waals surface area contributed by atoms with Crippen LogP contribution in [0.4, 0.5) is 4.39 Å². The molecule has 1 saturated heterocycles. The van der Waals surface area contributed by atoms with E-state index >= 15 is 0 Å². The van der Waals surface area contributed by atoms with Crippen molar-refractivity contribution in [3.63, 3.8) is 0 Å². The van der Waals surface area contributed by atoms with Crippen molar-refractivity contribution in [1.29, 1.82) is 0 Å². The zero-order valence-electron chi connectivity index (χ0n) is 18.1. The summed E-state index contributed by atoms with van der Waals surface area (Å²) in [5, 5.41) is 0.546. The van der Waals surface area contributed by atoms with Gasteiger partial charge in [0.2, 0.25) is 0 Å². The SMILES string of the molecule is CCN(CC)C(=O)c1cc(-c2ccc(CN3CCOCC3)cc2)nc2ccc(F)cc12. The number of ether oxygens (including phenoxy) is 1. The lowest BCUT2D eigenvalue weighted by Gasteiger charge is -2.26. The molecule has 0 atom stereocenters. The highest BCUT2D eigenvalue weighted by atomic mass is 19.1. The Balaban J connectivity index is 1.68. The van der Waals surface area contributed by atoms with E-state index in [0.29, 0.717) is 35.2 Å². The van der Waals surface area contributed by atoms with Gasteiger partial charge in [-0.25, -0.2) is 9.37 Å². The molecule has 1 amide bonds. The van der Waals surface area contributed by atoms with E-state index in [1.54, 1.807) is 17.0 Å². The van der Waals surface area contributed by atoms with Gasteiger partial charge in [-0.3, -0.25) is 9.69 Å². The topological polar surface area (TPSA) is 45.7 Å². The zero-order chi connectivity index (χ0) is 21.8. The second-order valence-corrected chi connectivity index (χ2v) is 7.78. The van der Waals surface area contributed by atoms with Gasteiger partial charge in [-0.2, -0.15) is 0 Å². The number of carbonyl (C=O) groups is 1. The van der Waals surface area contributed by atoms with Gasteiger partial charge in [-0.1, -0.05) is 24.3 Å². The molecule has 0 aliphatic carbocycles. The summed E-state index contributed by atoms with van der Waals surface area (Å²) in [5.74, 6) is -0.476. The van der Waals surface area contributed by atoms with Crippen LogP contribution in [0.25, 0.3) is 22.2 Å². The van der Waals surface area contributed by atoms with Crippen LogP contribution in [0, 0.1) is 5.82 Å². The number of halogens is 1. The Bertz CT molecular complexity index is 1060. The Kier molecular flexibility index (Phi) is 6.59. The molecule has 0 bridgehead atoms. The lowest BCUT2D eigenvalue weighted by molar-refractivity contribution is 0.0342. The molecule has 1 aromatic heterocycles. The maximum atomic E-state index is 13.9. The third-order valence-corrected chi connectivity index (χ3v) is 5.81. The predicted octanol–water partition coefficient (Wildman–Crippen LogP) is 4.36. The smallest absolute Gasteiger partial charge is 0.254 e. The summed E-state index contributed by atoms with van der Waals surface area (Å²) < 4.78 is 19.4. The van der Waals surface area contributed by atoms with Crippen LogP contribution >= 0.6 is 0 Å². The van der Waals surface area contributed by atoms with Crippen LogP contribution in [-0.4, -0.2) is 60.1 Å². The number of hydrogen-bond donors (Lipinski definition) is 0. The normalized spacial score (nSPS) is 14.7. The fourth-order valence-electron chi connectivity index (χ4n) is 4.00.